The summed E-state index contributed by atoms with van der Waals surface area (Å²) in [7, 11) is 1.80. The molecule has 5 nitrogen and oxygen atoms in total. The summed E-state index contributed by atoms with van der Waals surface area (Å²) >= 11 is 0. The number of hydrogen-bond donors (Lipinski definition) is 1. The molecule has 102 valence electrons. The third kappa shape index (κ3) is 3.84. The molecule has 1 amide bonds. The lowest BCUT2D eigenvalue weighted by Crippen LogP contribution is -2.36. The number of aryl methyl sites for hydroxylation is 2. The van der Waals surface area contributed by atoms with Gasteiger partial charge in [-0.15, -0.1) is 0 Å². The Balaban J connectivity index is 2.83. The molecule has 0 atom stereocenters. The number of nitrogens with zero attached hydrogens (tertiary/aromatic N) is 3. The minimum Gasteiger partial charge on any atom is -0.337 e. The summed E-state index contributed by atoms with van der Waals surface area (Å²) in [4.78, 5) is 14.3. The van der Waals surface area contributed by atoms with Crippen molar-refractivity contribution in [1.29, 1.82) is 0 Å². The molecule has 0 fully saturated rings. The van der Waals surface area contributed by atoms with Gasteiger partial charge in [-0.05, 0) is 31.9 Å². The number of rotatable bonds is 6. The molecule has 18 heavy (non-hydrogen) atoms. The monoisotopic (exact) mass is 252 g/mol. The summed E-state index contributed by atoms with van der Waals surface area (Å²) in [6.45, 7) is 8.17. The fourth-order valence-electron chi connectivity index (χ4n) is 1.97. The van der Waals surface area contributed by atoms with Crippen LogP contribution >= 0.6 is 0 Å². The van der Waals surface area contributed by atoms with E-state index < -0.39 is 0 Å². The van der Waals surface area contributed by atoms with Crippen molar-refractivity contribution in [2.45, 2.75) is 27.2 Å². The Morgan fingerprint density at radius 2 is 2.22 bits per heavy atom. The van der Waals surface area contributed by atoms with Crippen LogP contribution in [-0.4, -0.2) is 40.2 Å². The van der Waals surface area contributed by atoms with E-state index in [1.807, 2.05) is 17.9 Å². The normalized spacial score (nSPS) is 11.0. The molecular weight excluding hydrogens is 228 g/mol. The molecule has 0 aliphatic rings. The van der Waals surface area contributed by atoms with E-state index in [-0.39, 0.29) is 5.91 Å². The van der Waals surface area contributed by atoms with Gasteiger partial charge >= 0.3 is 0 Å². The second-order valence-electron chi connectivity index (χ2n) is 5.08. The van der Waals surface area contributed by atoms with Gasteiger partial charge < -0.3 is 10.6 Å². The van der Waals surface area contributed by atoms with Gasteiger partial charge in [-0.3, -0.25) is 9.48 Å². The standard InChI is InChI=1S/C13H24N4O/c1-10(2)9-17(7-5-6-14)13(18)12-8-11(3)15-16(12)4/h8,10H,5-7,9,14H2,1-4H3. The van der Waals surface area contributed by atoms with Gasteiger partial charge in [0, 0.05) is 20.1 Å². The average molecular weight is 252 g/mol. The summed E-state index contributed by atoms with van der Waals surface area (Å²) in [6.07, 6.45) is 0.829. The van der Waals surface area contributed by atoms with Gasteiger partial charge in [0.15, 0.2) is 0 Å². The van der Waals surface area contributed by atoms with Crippen molar-refractivity contribution >= 4 is 5.91 Å². The highest BCUT2D eigenvalue weighted by Gasteiger charge is 2.19. The fraction of sp³-hybridized carbons (Fsp3) is 0.692. The highest BCUT2D eigenvalue weighted by molar-refractivity contribution is 5.92. The minimum atomic E-state index is 0.0419. The number of aromatic nitrogens is 2. The van der Waals surface area contributed by atoms with Gasteiger partial charge in [-0.2, -0.15) is 5.10 Å². The summed E-state index contributed by atoms with van der Waals surface area (Å²) < 4.78 is 1.65. The molecule has 0 bridgehead atoms. The molecule has 0 unspecified atom stereocenters. The van der Waals surface area contributed by atoms with Crippen LogP contribution in [0.2, 0.25) is 0 Å². The van der Waals surface area contributed by atoms with E-state index in [1.54, 1.807) is 11.7 Å². The van der Waals surface area contributed by atoms with Crippen LogP contribution in [0, 0.1) is 12.8 Å². The Morgan fingerprint density at radius 1 is 1.56 bits per heavy atom. The maximum atomic E-state index is 12.4. The Bertz CT molecular complexity index is 398. The van der Waals surface area contributed by atoms with Gasteiger partial charge in [0.25, 0.3) is 5.91 Å². The molecule has 0 saturated carbocycles. The van der Waals surface area contributed by atoms with Crippen LogP contribution in [0.15, 0.2) is 6.07 Å². The van der Waals surface area contributed by atoms with Crippen LogP contribution in [0.1, 0.15) is 36.5 Å². The summed E-state index contributed by atoms with van der Waals surface area (Å²) in [5.41, 5.74) is 7.03. The zero-order valence-corrected chi connectivity index (χ0v) is 11.8. The lowest BCUT2D eigenvalue weighted by molar-refractivity contribution is 0.0724. The van der Waals surface area contributed by atoms with E-state index >= 15 is 0 Å². The molecular formula is C13H24N4O. The van der Waals surface area contributed by atoms with E-state index in [2.05, 4.69) is 18.9 Å². The quantitative estimate of drug-likeness (QED) is 0.826. The molecule has 1 aromatic heterocycles. The zero-order chi connectivity index (χ0) is 13.7. The number of nitrogens with two attached hydrogens (primary N) is 1. The molecule has 1 heterocycles. The van der Waals surface area contributed by atoms with E-state index in [1.165, 1.54) is 0 Å². The third-order valence-corrected chi connectivity index (χ3v) is 2.73. The first-order valence-electron chi connectivity index (χ1n) is 6.45. The third-order valence-electron chi connectivity index (χ3n) is 2.73. The average Bonchev–Trinajstić information content (AvgIpc) is 2.62. The number of carbonyl (C=O) groups excluding carboxylic acids is 1. The maximum Gasteiger partial charge on any atom is 0.272 e. The Morgan fingerprint density at radius 3 is 2.67 bits per heavy atom. The largest absolute Gasteiger partial charge is 0.337 e. The van der Waals surface area contributed by atoms with Crippen molar-refractivity contribution in [2.24, 2.45) is 18.7 Å². The van der Waals surface area contributed by atoms with Crippen molar-refractivity contribution < 1.29 is 4.79 Å². The zero-order valence-electron chi connectivity index (χ0n) is 11.8. The van der Waals surface area contributed by atoms with Crippen molar-refractivity contribution in [3.63, 3.8) is 0 Å². The molecule has 0 radical (unpaired) electrons. The summed E-state index contributed by atoms with van der Waals surface area (Å²) in [6, 6.07) is 1.83. The van der Waals surface area contributed by atoms with Crippen molar-refractivity contribution in [1.82, 2.24) is 14.7 Å². The lowest BCUT2D eigenvalue weighted by atomic mass is 10.2. The Labute approximate surface area is 109 Å². The van der Waals surface area contributed by atoms with Crippen LogP contribution in [0.3, 0.4) is 0 Å². The van der Waals surface area contributed by atoms with Gasteiger partial charge in [-0.1, -0.05) is 13.8 Å². The van der Waals surface area contributed by atoms with E-state index in [4.69, 9.17) is 5.73 Å². The molecule has 0 aromatic carbocycles. The van der Waals surface area contributed by atoms with Gasteiger partial charge in [-0.25, -0.2) is 0 Å². The van der Waals surface area contributed by atoms with Crippen molar-refractivity contribution in [3.05, 3.63) is 17.5 Å². The number of carbonyl (C=O) groups is 1. The van der Waals surface area contributed by atoms with Crippen LogP contribution in [0.4, 0.5) is 0 Å². The molecule has 1 rings (SSSR count). The highest BCUT2D eigenvalue weighted by Crippen LogP contribution is 2.09. The molecule has 0 saturated heterocycles. The summed E-state index contributed by atoms with van der Waals surface area (Å²) in [5.74, 6) is 0.487. The summed E-state index contributed by atoms with van der Waals surface area (Å²) in [5, 5.41) is 4.22. The van der Waals surface area contributed by atoms with Crippen molar-refractivity contribution in [3.8, 4) is 0 Å². The molecule has 0 spiro atoms. The predicted octanol–water partition coefficient (Wildman–Crippen LogP) is 1.18. The Hall–Kier alpha value is -1.36. The smallest absolute Gasteiger partial charge is 0.272 e. The highest BCUT2D eigenvalue weighted by atomic mass is 16.2. The van der Waals surface area contributed by atoms with Gasteiger partial charge in [0.05, 0.1) is 5.69 Å². The van der Waals surface area contributed by atoms with Crippen LogP contribution in [0.5, 0.6) is 0 Å². The first kappa shape index (κ1) is 14.7. The Kier molecular flexibility index (Phi) is 5.34. The molecule has 0 aliphatic carbocycles. The molecule has 1 aromatic rings. The van der Waals surface area contributed by atoms with Gasteiger partial charge in [0.1, 0.15) is 5.69 Å². The molecule has 5 heteroatoms. The fourth-order valence-corrected chi connectivity index (χ4v) is 1.97. The topological polar surface area (TPSA) is 64.2 Å². The van der Waals surface area contributed by atoms with Gasteiger partial charge in [0.2, 0.25) is 0 Å². The van der Waals surface area contributed by atoms with Crippen LogP contribution in [0.25, 0.3) is 0 Å². The lowest BCUT2D eigenvalue weighted by Gasteiger charge is -2.24. The molecule has 0 aliphatic heterocycles. The molecule has 2 N–H and O–H groups in total. The van der Waals surface area contributed by atoms with Crippen LogP contribution in [-0.2, 0) is 7.05 Å². The predicted molar refractivity (Wildman–Crippen MR) is 72.4 cm³/mol. The van der Waals surface area contributed by atoms with E-state index in [9.17, 15) is 4.79 Å². The number of amides is 1. The SMILES string of the molecule is Cc1cc(C(=O)N(CCCN)CC(C)C)n(C)n1. The second-order valence-corrected chi connectivity index (χ2v) is 5.08. The number of hydrogen-bond acceptors (Lipinski definition) is 3. The minimum absolute atomic E-state index is 0.0419. The first-order valence-corrected chi connectivity index (χ1v) is 6.45. The second kappa shape index (κ2) is 6.54. The van der Waals surface area contributed by atoms with E-state index in [0.717, 1.165) is 18.7 Å². The van der Waals surface area contributed by atoms with Crippen molar-refractivity contribution in [2.75, 3.05) is 19.6 Å². The van der Waals surface area contributed by atoms with E-state index in [0.29, 0.717) is 24.7 Å². The van der Waals surface area contributed by atoms with Crippen LogP contribution < -0.4 is 5.73 Å². The first-order chi connectivity index (χ1) is 8.45. The maximum absolute atomic E-state index is 12.4.